The lowest BCUT2D eigenvalue weighted by Gasteiger charge is -2.26. The Bertz CT molecular complexity index is 487. The summed E-state index contributed by atoms with van der Waals surface area (Å²) >= 11 is 0. The molecule has 1 heterocycles. The van der Waals surface area contributed by atoms with Crippen molar-refractivity contribution in [3.63, 3.8) is 0 Å². The van der Waals surface area contributed by atoms with E-state index in [4.69, 9.17) is 4.74 Å². The summed E-state index contributed by atoms with van der Waals surface area (Å²) in [6.45, 7) is 3.82. The van der Waals surface area contributed by atoms with Gasteiger partial charge in [-0.3, -0.25) is 14.5 Å². The minimum Gasteiger partial charge on any atom is -0.379 e. The molecule has 1 aromatic rings. The van der Waals surface area contributed by atoms with E-state index < -0.39 is 6.04 Å². The second-order valence-electron chi connectivity index (χ2n) is 5.23. The van der Waals surface area contributed by atoms with Crippen molar-refractivity contribution in [1.82, 2.24) is 15.5 Å². The lowest BCUT2D eigenvalue weighted by atomic mass is 10.1. The summed E-state index contributed by atoms with van der Waals surface area (Å²) in [5.74, 6) is -0.338. The molecule has 1 unspecified atom stereocenters. The molecule has 0 spiro atoms. The molecule has 1 aliphatic rings. The van der Waals surface area contributed by atoms with E-state index in [2.05, 4.69) is 15.5 Å². The van der Waals surface area contributed by atoms with Gasteiger partial charge in [-0.25, -0.2) is 0 Å². The van der Waals surface area contributed by atoms with Gasteiger partial charge in [0.15, 0.2) is 0 Å². The highest BCUT2D eigenvalue weighted by atomic mass is 16.5. The Morgan fingerprint density at radius 1 is 1.23 bits per heavy atom. The molecule has 120 valence electrons. The average Bonchev–Trinajstić information content (AvgIpc) is 2.59. The van der Waals surface area contributed by atoms with Crippen molar-refractivity contribution in [3.05, 3.63) is 35.9 Å². The maximum absolute atomic E-state index is 12.1. The zero-order valence-corrected chi connectivity index (χ0v) is 12.9. The van der Waals surface area contributed by atoms with Crippen LogP contribution < -0.4 is 10.6 Å². The van der Waals surface area contributed by atoms with Gasteiger partial charge in [-0.05, 0) is 5.56 Å². The van der Waals surface area contributed by atoms with E-state index in [1.54, 1.807) is 7.05 Å². The van der Waals surface area contributed by atoms with Gasteiger partial charge >= 0.3 is 0 Å². The van der Waals surface area contributed by atoms with Crippen LogP contribution in [0.2, 0.25) is 0 Å². The number of likely N-dealkylation sites (N-methyl/N-ethyl adjacent to an activating group) is 1. The monoisotopic (exact) mass is 305 g/mol. The number of carbonyl (C=O) groups excluding carboxylic acids is 2. The first kappa shape index (κ1) is 16.5. The number of hydrogen-bond acceptors (Lipinski definition) is 4. The highest BCUT2D eigenvalue weighted by Crippen LogP contribution is 2.13. The van der Waals surface area contributed by atoms with Gasteiger partial charge in [0.25, 0.3) is 0 Å². The largest absolute Gasteiger partial charge is 0.379 e. The average molecular weight is 305 g/mol. The van der Waals surface area contributed by atoms with E-state index in [0.717, 1.165) is 18.7 Å². The number of amides is 2. The molecule has 0 bridgehead atoms. The van der Waals surface area contributed by atoms with Crippen molar-refractivity contribution in [1.29, 1.82) is 0 Å². The number of rotatable bonds is 6. The number of morpholine rings is 1. The van der Waals surface area contributed by atoms with E-state index in [1.807, 2.05) is 30.3 Å². The smallest absolute Gasteiger partial charge is 0.246 e. The second kappa shape index (κ2) is 8.51. The minimum atomic E-state index is -0.650. The molecule has 6 heteroatoms. The maximum atomic E-state index is 12.1. The standard InChI is InChI=1S/C16H23N3O3/c1-17-16(21)15(13-5-3-2-4-6-13)18-14(20)7-8-19-9-11-22-12-10-19/h2-6,15H,7-12H2,1H3,(H,17,21)(H,18,20). The molecule has 2 amide bonds. The number of hydrogen-bond donors (Lipinski definition) is 2. The van der Waals surface area contributed by atoms with Gasteiger partial charge in [-0.15, -0.1) is 0 Å². The lowest BCUT2D eigenvalue weighted by Crippen LogP contribution is -2.42. The predicted octanol–water partition coefficient (Wildman–Crippen LogP) is 0.312. The van der Waals surface area contributed by atoms with Crippen LogP contribution in [0.25, 0.3) is 0 Å². The normalized spacial score (nSPS) is 16.8. The molecule has 0 saturated carbocycles. The van der Waals surface area contributed by atoms with E-state index in [-0.39, 0.29) is 11.8 Å². The highest BCUT2D eigenvalue weighted by molar-refractivity contribution is 5.88. The van der Waals surface area contributed by atoms with Crippen molar-refractivity contribution in [2.24, 2.45) is 0 Å². The van der Waals surface area contributed by atoms with E-state index in [1.165, 1.54) is 0 Å². The van der Waals surface area contributed by atoms with Gasteiger partial charge in [0, 0.05) is 33.1 Å². The molecular formula is C16H23N3O3. The Kier molecular flexibility index (Phi) is 6.36. The van der Waals surface area contributed by atoms with Crippen LogP contribution in [0.4, 0.5) is 0 Å². The summed E-state index contributed by atoms with van der Waals surface area (Å²) < 4.78 is 5.28. The molecule has 6 nitrogen and oxygen atoms in total. The van der Waals surface area contributed by atoms with Crippen LogP contribution in [0, 0.1) is 0 Å². The maximum Gasteiger partial charge on any atom is 0.246 e. The molecule has 22 heavy (non-hydrogen) atoms. The first-order valence-corrected chi connectivity index (χ1v) is 7.56. The van der Waals surface area contributed by atoms with Crippen LogP contribution in [-0.2, 0) is 14.3 Å². The molecule has 2 N–H and O–H groups in total. The van der Waals surface area contributed by atoms with Crippen molar-refractivity contribution >= 4 is 11.8 Å². The van der Waals surface area contributed by atoms with E-state index in [0.29, 0.717) is 26.2 Å². The molecule has 1 aliphatic heterocycles. The van der Waals surface area contributed by atoms with Crippen molar-refractivity contribution < 1.29 is 14.3 Å². The number of nitrogens with one attached hydrogen (secondary N) is 2. The summed E-state index contributed by atoms with van der Waals surface area (Å²) in [7, 11) is 1.57. The number of carbonyl (C=O) groups is 2. The zero-order valence-electron chi connectivity index (χ0n) is 12.9. The fraction of sp³-hybridized carbons (Fsp3) is 0.500. The van der Waals surface area contributed by atoms with Crippen LogP contribution in [0.15, 0.2) is 30.3 Å². The predicted molar refractivity (Wildman–Crippen MR) is 83.3 cm³/mol. The molecule has 1 aromatic carbocycles. The van der Waals surface area contributed by atoms with E-state index in [9.17, 15) is 9.59 Å². The molecule has 1 saturated heterocycles. The Morgan fingerprint density at radius 3 is 2.55 bits per heavy atom. The van der Waals surface area contributed by atoms with Gasteiger partial charge in [-0.2, -0.15) is 0 Å². The van der Waals surface area contributed by atoms with Crippen LogP contribution in [0.1, 0.15) is 18.0 Å². The quantitative estimate of drug-likeness (QED) is 0.794. The summed E-state index contributed by atoms with van der Waals surface area (Å²) in [5.41, 5.74) is 0.779. The lowest BCUT2D eigenvalue weighted by molar-refractivity contribution is -0.129. The first-order valence-electron chi connectivity index (χ1n) is 7.56. The number of nitrogens with zero attached hydrogens (tertiary/aromatic N) is 1. The molecule has 0 radical (unpaired) electrons. The van der Waals surface area contributed by atoms with Gasteiger partial charge < -0.3 is 15.4 Å². The topological polar surface area (TPSA) is 70.7 Å². The fourth-order valence-corrected chi connectivity index (χ4v) is 2.41. The van der Waals surface area contributed by atoms with Crippen LogP contribution in [-0.4, -0.2) is 56.6 Å². The molecule has 2 rings (SSSR count). The summed E-state index contributed by atoms with van der Waals surface area (Å²) in [6.07, 6.45) is 0.375. The molecule has 0 aromatic heterocycles. The third kappa shape index (κ3) is 4.82. The van der Waals surface area contributed by atoms with E-state index >= 15 is 0 Å². The Morgan fingerprint density at radius 2 is 1.91 bits per heavy atom. The summed E-state index contributed by atoms with van der Waals surface area (Å²) in [4.78, 5) is 26.3. The third-order valence-electron chi connectivity index (χ3n) is 3.71. The Labute approximate surface area is 130 Å². The van der Waals surface area contributed by atoms with Crippen LogP contribution >= 0.6 is 0 Å². The fourth-order valence-electron chi connectivity index (χ4n) is 2.41. The molecule has 0 aliphatic carbocycles. The highest BCUT2D eigenvalue weighted by Gasteiger charge is 2.21. The van der Waals surface area contributed by atoms with Gasteiger partial charge in [-0.1, -0.05) is 30.3 Å². The third-order valence-corrected chi connectivity index (χ3v) is 3.71. The second-order valence-corrected chi connectivity index (χ2v) is 5.23. The summed E-state index contributed by atoms with van der Waals surface area (Å²) in [6, 6.07) is 8.61. The number of benzene rings is 1. The van der Waals surface area contributed by atoms with Gasteiger partial charge in [0.05, 0.1) is 13.2 Å². The Hall–Kier alpha value is -1.92. The van der Waals surface area contributed by atoms with Gasteiger partial charge in [0.1, 0.15) is 6.04 Å². The Balaban J connectivity index is 1.89. The van der Waals surface area contributed by atoms with Crippen molar-refractivity contribution in [3.8, 4) is 0 Å². The molecular weight excluding hydrogens is 282 g/mol. The first-order chi connectivity index (χ1) is 10.7. The molecule has 1 atom stereocenters. The van der Waals surface area contributed by atoms with Crippen molar-refractivity contribution in [2.45, 2.75) is 12.5 Å². The number of ether oxygens (including phenoxy) is 1. The zero-order chi connectivity index (χ0) is 15.8. The summed E-state index contributed by atoms with van der Waals surface area (Å²) in [5, 5.41) is 5.41. The molecule has 1 fully saturated rings. The minimum absolute atomic E-state index is 0.121. The van der Waals surface area contributed by atoms with Crippen LogP contribution in [0.3, 0.4) is 0 Å². The van der Waals surface area contributed by atoms with Gasteiger partial charge in [0.2, 0.25) is 11.8 Å². The van der Waals surface area contributed by atoms with Crippen LogP contribution in [0.5, 0.6) is 0 Å². The SMILES string of the molecule is CNC(=O)C(NC(=O)CCN1CCOCC1)c1ccccc1. The van der Waals surface area contributed by atoms with Crippen molar-refractivity contribution in [2.75, 3.05) is 39.9 Å².